The molecule has 3 rings (SSSR count). The Bertz CT molecular complexity index is 792. The Labute approximate surface area is 141 Å². The standard InChI is InChI=1S/C19H20N4O/c1-3-17(15-6-4-14(2)5-7-15)22-19(24)16-8-9-18(21-12-16)23-11-10-20-13-23/h4-13,17H,3H2,1-2H3,(H,22,24). The van der Waals surface area contributed by atoms with Gasteiger partial charge in [-0.2, -0.15) is 0 Å². The van der Waals surface area contributed by atoms with Crippen molar-refractivity contribution < 1.29 is 4.79 Å². The first-order valence-electron chi connectivity index (χ1n) is 7.99. The number of benzene rings is 1. The molecule has 1 aromatic carbocycles. The van der Waals surface area contributed by atoms with Crippen LogP contribution in [-0.4, -0.2) is 20.4 Å². The van der Waals surface area contributed by atoms with Crippen molar-refractivity contribution in [3.05, 3.63) is 78.0 Å². The third-order valence-electron chi connectivity index (χ3n) is 3.97. The van der Waals surface area contributed by atoms with E-state index in [2.05, 4.69) is 53.4 Å². The highest BCUT2D eigenvalue weighted by atomic mass is 16.1. The first kappa shape index (κ1) is 15.9. The Morgan fingerprint density at radius 3 is 2.58 bits per heavy atom. The van der Waals surface area contributed by atoms with Crippen molar-refractivity contribution in [2.24, 2.45) is 0 Å². The fourth-order valence-electron chi connectivity index (χ4n) is 2.53. The molecule has 24 heavy (non-hydrogen) atoms. The van der Waals surface area contributed by atoms with E-state index in [1.54, 1.807) is 29.4 Å². The van der Waals surface area contributed by atoms with Crippen molar-refractivity contribution in [1.29, 1.82) is 0 Å². The van der Waals surface area contributed by atoms with Gasteiger partial charge in [0.15, 0.2) is 0 Å². The van der Waals surface area contributed by atoms with Crippen molar-refractivity contribution in [1.82, 2.24) is 19.9 Å². The van der Waals surface area contributed by atoms with Crippen LogP contribution in [0.15, 0.2) is 61.3 Å². The van der Waals surface area contributed by atoms with Crippen LogP contribution in [0.5, 0.6) is 0 Å². The molecule has 122 valence electrons. The van der Waals surface area contributed by atoms with Gasteiger partial charge in [0.1, 0.15) is 12.1 Å². The molecule has 0 saturated carbocycles. The predicted molar refractivity (Wildman–Crippen MR) is 93.0 cm³/mol. The molecular formula is C19H20N4O. The second-order valence-corrected chi connectivity index (χ2v) is 5.72. The minimum absolute atomic E-state index is 0.00794. The molecule has 3 aromatic rings. The zero-order chi connectivity index (χ0) is 16.9. The van der Waals surface area contributed by atoms with E-state index in [0.717, 1.165) is 17.8 Å². The highest BCUT2D eigenvalue weighted by molar-refractivity contribution is 5.94. The van der Waals surface area contributed by atoms with Crippen LogP contribution in [-0.2, 0) is 0 Å². The summed E-state index contributed by atoms with van der Waals surface area (Å²) in [6, 6.07) is 11.8. The van der Waals surface area contributed by atoms with Crippen LogP contribution in [0, 0.1) is 6.92 Å². The average molecular weight is 320 g/mol. The first-order chi connectivity index (χ1) is 11.7. The third kappa shape index (κ3) is 3.51. The molecular weight excluding hydrogens is 300 g/mol. The Balaban J connectivity index is 1.72. The van der Waals surface area contributed by atoms with Gasteiger partial charge in [0.05, 0.1) is 11.6 Å². The average Bonchev–Trinajstić information content (AvgIpc) is 3.15. The Morgan fingerprint density at radius 2 is 2.00 bits per heavy atom. The molecule has 1 unspecified atom stereocenters. The lowest BCUT2D eigenvalue weighted by molar-refractivity contribution is 0.0935. The monoisotopic (exact) mass is 320 g/mol. The number of aromatic nitrogens is 3. The van der Waals surface area contributed by atoms with Gasteiger partial charge < -0.3 is 5.32 Å². The van der Waals surface area contributed by atoms with E-state index < -0.39 is 0 Å². The molecule has 0 saturated heterocycles. The van der Waals surface area contributed by atoms with Crippen molar-refractivity contribution in [2.45, 2.75) is 26.3 Å². The Kier molecular flexibility index (Phi) is 4.70. The van der Waals surface area contributed by atoms with Gasteiger partial charge >= 0.3 is 0 Å². The molecule has 1 N–H and O–H groups in total. The quantitative estimate of drug-likeness (QED) is 0.783. The fourth-order valence-corrected chi connectivity index (χ4v) is 2.53. The van der Waals surface area contributed by atoms with Gasteiger partial charge in [-0.05, 0) is 31.0 Å². The van der Waals surface area contributed by atoms with Crippen LogP contribution in [0.2, 0.25) is 0 Å². The third-order valence-corrected chi connectivity index (χ3v) is 3.97. The number of carbonyl (C=O) groups is 1. The molecule has 0 fully saturated rings. The first-order valence-corrected chi connectivity index (χ1v) is 7.99. The maximum Gasteiger partial charge on any atom is 0.253 e. The van der Waals surface area contributed by atoms with E-state index in [9.17, 15) is 4.79 Å². The highest BCUT2D eigenvalue weighted by Crippen LogP contribution is 2.18. The highest BCUT2D eigenvalue weighted by Gasteiger charge is 2.14. The summed E-state index contributed by atoms with van der Waals surface area (Å²) in [4.78, 5) is 20.8. The van der Waals surface area contributed by atoms with Crippen LogP contribution < -0.4 is 5.32 Å². The maximum absolute atomic E-state index is 12.5. The summed E-state index contributed by atoms with van der Waals surface area (Å²) in [6.07, 6.45) is 7.59. The lowest BCUT2D eigenvalue weighted by atomic mass is 10.0. The van der Waals surface area contributed by atoms with Crippen LogP contribution in [0.3, 0.4) is 0 Å². The fraction of sp³-hybridized carbons (Fsp3) is 0.211. The van der Waals surface area contributed by atoms with Crippen LogP contribution in [0.25, 0.3) is 5.82 Å². The van der Waals surface area contributed by atoms with Gasteiger partial charge in [-0.15, -0.1) is 0 Å². The molecule has 1 amide bonds. The van der Waals surface area contributed by atoms with Gasteiger partial charge in [0, 0.05) is 18.6 Å². The summed E-state index contributed by atoms with van der Waals surface area (Å²) in [5.41, 5.74) is 2.86. The van der Waals surface area contributed by atoms with E-state index >= 15 is 0 Å². The topological polar surface area (TPSA) is 59.8 Å². The summed E-state index contributed by atoms with van der Waals surface area (Å²) >= 11 is 0. The van der Waals surface area contributed by atoms with E-state index in [1.807, 2.05) is 12.3 Å². The molecule has 1 atom stereocenters. The number of amides is 1. The van der Waals surface area contributed by atoms with E-state index in [-0.39, 0.29) is 11.9 Å². The largest absolute Gasteiger partial charge is 0.345 e. The molecule has 0 aliphatic carbocycles. The van der Waals surface area contributed by atoms with Gasteiger partial charge in [0.2, 0.25) is 0 Å². The number of rotatable bonds is 5. The number of carbonyl (C=O) groups excluding carboxylic acids is 1. The van der Waals surface area contributed by atoms with Crippen molar-refractivity contribution in [2.75, 3.05) is 0 Å². The van der Waals surface area contributed by atoms with E-state index in [1.165, 1.54) is 5.56 Å². The van der Waals surface area contributed by atoms with Crippen molar-refractivity contribution in [3.63, 3.8) is 0 Å². The number of hydrogen-bond acceptors (Lipinski definition) is 3. The molecule has 0 aliphatic heterocycles. The number of pyridine rings is 1. The molecule has 0 radical (unpaired) electrons. The molecule has 0 spiro atoms. The lowest BCUT2D eigenvalue weighted by Crippen LogP contribution is -2.28. The number of aryl methyl sites for hydroxylation is 1. The second kappa shape index (κ2) is 7.08. The molecule has 2 aromatic heterocycles. The minimum Gasteiger partial charge on any atom is -0.345 e. The van der Waals surface area contributed by atoms with Gasteiger partial charge in [0.25, 0.3) is 5.91 Å². The Hall–Kier alpha value is -2.95. The molecule has 0 aliphatic rings. The smallest absolute Gasteiger partial charge is 0.253 e. The summed E-state index contributed by atoms with van der Waals surface area (Å²) < 4.78 is 1.79. The lowest BCUT2D eigenvalue weighted by Gasteiger charge is -2.17. The maximum atomic E-state index is 12.5. The summed E-state index contributed by atoms with van der Waals surface area (Å²) in [7, 11) is 0. The molecule has 5 nitrogen and oxygen atoms in total. The normalized spacial score (nSPS) is 11.9. The van der Waals surface area contributed by atoms with E-state index in [0.29, 0.717) is 5.56 Å². The van der Waals surface area contributed by atoms with Crippen molar-refractivity contribution in [3.8, 4) is 5.82 Å². The van der Waals surface area contributed by atoms with Crippen LogP contribution in [0.1, 0.15) is 40.9 Å². The minimum atomic E-state index is -0.118. The zero-order valence-electron chi connectivity index (χ0n) is 13.8. The number of nitrogens with zero attached hydrogens (tertiary/aromatic N) is 3. The molecule has 5 heteroatoms. The molecule has 0 bridgehead atoms. The number of hydrogen-bond donors (Lipinski definition) is 1. The summed E-state index contributed by atoms with van der Waals surface area (Å²) in [6.45, 7) is 4.11. The Morgan fingerprint density at radius 1 is 1.21 bits per heavy atom. The van der Waals surface area contributed by atoms with Gasteiger partial charge in [-0.1, -0.05) is 36.8 Å². The van der Waals surface area contributed by atoms with Crippen LogP contribution in [0.4, 0.5) is 0 Å². The molecule has 2 heterocycles. The number of imidazole rings is 1. The van der Waals surface area contributed by atoms with Gasteiger partial charge in [-0.3, -0.25) is 9.36 Å². The zero-order valence-corrected chi connectivity index (χ0v) is 13.8. The number of nitrogens with one attached hydrogen (secondary N) is 1. The second-order valence-electron chi connectivity index (χ2n) is 5.72. The van der Waals surface area contributed by atoms with Gasteiger partial charge in [-0.25, -0.2) is 9.97 Å². The SMILES string of the molecule is CCC(NC(=O)c1ccc(-n2ccnc2)nc1)c1ccc(C)cc1. The summed E-state index contributed by atoms with van der Waals surface area (Å²) in [5, 5.41) is 3.07. The van der Waals surface area contributed by atoms with E-state index in [4.69, 9.17) is 0 Å². The van der Waals surface area contributed by atoms with Crippen molar-refractivity contribution >= 4 is 5.91 Å². The predicted octanol–water partition coefficient (Wildman–Crippen LogP) is 3.46. The summed E-state index contributed by atoms with van der Waals surface area (Å²) in [5.74, 6) is 0.613. The van der Waals surface area contributed by atoms with Crippen LogP contribution >= 0.6 is 0 Å².